The molecule has 1 unspecified atom stereocenters. The van der Waals surface area contributed by atoms with Crippen LogP contribution in [0.4, 0.5) is 4.79 Å². The van der Waals surface area contributed by atoms with Crippen LogP contribution in [0.5, 0.6) is 0 Å². The highest BCUT2D eigenvalue weighted by molar-refractivity contribution is 6.62. The summed E-state index contributed by atoms with van der Waals surface area (Å²) in [6.07, 6.45) is 1.92. The summed E-state index contributed by atoms with van der Waals surface area (Å²) in [7, 11) is -0.464. The fourth-order valence-electron chi connectivity index (χ4n) is 4.06. The summed E-state index contributed by atoms with van der Waals surface area (Å²) >= 11 is 0. The van der Waals surface area contributed by atoms with Crippen LogP contribution in [0.1, 0.15) is 84.5 Å². The second kappa shape index (κ2) is 7.78. The molecule has 31 heavy (non-hydrogen) atoms. The summed E-state index contributed by atoms with van der Waals surface area (Å²) in [5.74, 6) is 0.622. The standard InChI is InChI=1S/C24H36BNO5/c1-22(2,3)29-21(27)26-12-13-28-20(15-26)18-14-17(16-8-9-16)10-11-19(18)25-30-23(4,5)24(6,7)31-25/h10-11,14,16,20H,8-9,12-13,15H2,1-7H3. The fourth-order valence-corrected chi connectivity index (χ4v) is 4.06. The van der Waals surface area contributed by atoms with Gasteiger partial charge in [-0.15, -0.1) is 0 Å². The third-order valence-electron chi connectivity index (χ3n) is 6.73. The molecule has 1 saturated carbocycles. The van der Waals surface area contributed by atoms with Gasteiger partial charge in [0, 0.05) is 6.54 Å². The van der Waals surface area contributed by atoms with Crippen molar-refractivity contribution in [1.82, 2.24) is 4.90 Å². The number of ether oxygens (including phenoxy) is 2. The molecule has 0 spiro atoms. The van der Waals surface area contributed by atoms with Crippen molar-refractivity contribution in [1.29, 1.82) is 0 Å². The van der Waals surface area contributed by atoms with Gasteiger partial charge in [-0.25, -0.2) is 4.79 Å². The van der Waals surface area contributed by atoms with E-state index in [1.54, 1.807) is 4.90 Å². The first-order valence-corrected chi connectivity index (χ1v) is 11.5. The molecule has 2 heterocycles. The molecule has 2 saturated heterocycles. The average Bonchev–Trinajstić information content (AvgIpc) is 3.47. The molecular weight excluding hydrogens is 393 g/mol. The second-order valence-electron chi connectivity index (χ2n) is 11.0. The lowest BCUT2D eigenvalue weighted by Gasteiger charge is -2.35. The minimum atomic E-state index is -0.523. The number of morpholine rings is 1. The number of benzene rings is 1. The third kappa shape index (κ3) is 4.79. The molecule has 3 aliphatic rings. The molecular formula is C24H36BNO5. The molecule has 0 N–H and O–H groups in total. The Morgan fingerprint density at radius 2 is 1.77 bits per heavy atom. The van der Waals surface area contributed by atoms with Gasteiger partial charge in [-0.1, -0.05) is 18.2 Å². The lowest BCUT2D eigenvalue weighted by molar-refractivity contribution is -0.0430. The maximum absolute atomic E-state index is 12.7. The number of nitrogens with zero attached hydrogens (tertiary/aromatic N) is 1. The van der Waals surface area contributed by atoms with Gasteiger partial charge in [0.2, 0.25) is 0 Å². The lowest BCUT2D eigenvalue weighted by Crippen LogP contribution is -2.46. The van der Waals surface area contributed by atoms with Crippen LogP contribution >= 0.6 is 0 Å². The lowest BCUT2D eigenvalue weighted by atomic mass is 9.73. The Morgan fingerprint density at radius 3 is 2.35 bits per heavy atom. The van der Waals surface area contributed by atoms with Crippen LogP contribution in [0.25, 0.3) is 0 Å². The molecule has 1 atom stereocenters. The largest absolute Gasteiger partial charge is 0.495 e. The quantitative estimate of drug-likeness (QED) is 0.675. The number of hydrogen-bond donors (Lipinski definition) is 0. The van der Waals surface area contributed by atoms with Crippen molar-refractivity contribution in [2.24, 2.45) is 0 Å². The summed E-state index contributed by atoms with van der Waals surface area (Å²) in [6, 6.07) is 6.55. The Morgan fingerprint density at radius 1 is 1.13 bits per heavy atom. The zero-order valence-electron chi connectivity index (χ0n) is 20.0. The first-order valence-electron chi connectivity index (χ1n) is 11.5. The van der Waals surface area contributed by atoms with E-state index in [4.69, 9.17) is 18.8 Å². The molecule has 6 nitrogen and oxygen atoms in total. The van der Waals surface area contributed by atoms with Crippen LogP contribution < -0.4 is 5.46 Å². The highest BCUT2D eigenvalue weighted by Crippen LogP contribution is 2.42. The third-order valence-corrected chi connectivity index (χ3v) is 6.73. The van der Waals surface area contributed by atoms with Gasteiger partial charge in [0.15, 0.2) is 0 Å². The van der Waals surface area contributed by atoms with Crippen molar-refractivity contribution < 1.29 is 23.6 Å². The van der Waals surface area contributed by atoms with Gasteiger partial charge in [0.1, 0.15) is 5.60 Å². The van der Waals surface area contributed by atoms with Gasteiger partial charge < -0.3 is 23.7 Å². The molecule has 170 valence electrons. The molecule has 0 aromatic heterocycles. The normalized spacial score (nSPS) is 25.6. The van der Waals surface area contributed by atoms with Crippen molar-refractivity contribution in [3.05, 3.63) is 29.3 Å². The highest BCUT2D eigenvalue weighted by Gasteiger charge is 2.52. The minimum Gasteiger partial charge on any atom is -0.444 e. The monoisotopic (exact) mass is 429 g/mol. The van der Waals surface area contributed by atoms with Crippen LogP contribution in [0.2, 0.25) is 0 Å². The van der Waals surface area contributed by atoms with E-state index in [0.717, 1.165) is 11.0 Å². The first-order chi connectivity index (χ1) is 14.4. The van der Waals surface area contributed by atoms with E-state index in [2.05, 4.69) is 45.9 Å². The number of hydrogen-bond acceptors (Lipinski definition) is 5. The van der Waals surface area contributed by atoms with Crippen LogP contribution in [0, 0.1) is 0 Å². The van der Waals surface area contributed by atoms with Gasteiger partial charge in [0.05, 0.1) is 30.5 Å². The molecule has 1 aliphatic carbocycles. The summed E-state index contributed by atoms with van der Waals surface area (Å²) in [6.45, 7) is 15.4. The van der Waals surface area contributed by atoms with Gasteiger partial charge in [0.25, 0.3) is 0 Å². The molecule has 1 aromatic carbocycles. The predicted molar refractivity (Wildman–Crippen MR) is 121 cm³/mol. The Labute approximate surface area is 186 Å². The predicted octanol–water partition coefficient (Wildman–Crippen LogP) is 4.17. The summed E-state index contributed by atoms with van der Waals surface area (Å²) in [4.78, 5) is 14.4. The fraction of sp³-hybridized carbons (Fsp3) is 0.708. The van der Waals surface area contributed by atoms with Crippen LogP contribution in [-0.4, -0.2) is 54.6 Å². The van der Waals surface area contributed by atoms with E-state index in [1.165, 1.54) is 18.4 Å². The molecule has 3 fully saturated rings. The Hall–Kier alpha value is -1.57. The van der Waals surface area contributed by atoms with Crippen molar-refractivity contribution in [2.75, 3.05) is 19.7 Å². The van der Waals surface area contributed by atoms with Gasteiger partial charge in [-0.05, 0) is 83.8 Å². The zero-order valence-corrected chi connectivity index (χ0v) is 20.0. The Bertz CT molecular complexity index is 827. The Kier molecular flexibility index (Phi) is 5.68. The molecule has 7 heteroatoms. The van der Waals surface area contributed by atoms with Crippen molar-refractivity contribution in [2.45, 2.75) is 90.1 Å². The maximum Gasteiger partial charge on any atom is 0.495 e. The number of rotatable bonds is 3. The smallest absolute Gasteiger partial charge is 0.444 e. The highest BCUT2D eigenvalue weighted by atomic mass is 16.7. The molecule has 2 aliphatic heterocycles. The van der Waals surface area contributed by atoms with E-state index in [-0.39, 0.29) is 12.2 Å². The number of amides is 1. The maximum atomic E-state index is 12.7. The molecule has 0 radical (unpaired) electrons. The Balaban J connectivity index is 1.62. The summed E-state index contributed by atoms with van der Waals surface area (Å²) < 4.78 is 24.5. The minimum absolute atomic E-state index is 0.242. The van der Waals surface area contributed by atoms with Crippen LogP contribution in [0.3, 0.4) is 0 Å². The summed E-state index contributed by atoms with van der Waals surface area (Å²) in [5, 5.41) is 0. The van der Waals surface area contributed by atoms with E-state index in [1.807, 2.05) is 20.8 Å². The molecule has 0 bridgehead atoms. The van der Waals surface area contributed by atoms with E-state index < -0.39 is 23.9 Å². The molecule has 1 aromatic rings. The van der Waals surface area contributed by atoms with Gasteiger partial charge in [-0.2, -0.15) is 0 Å². The average molecular weight is 429 g/mol. The van der Waals surface area contributed by atoms with Crippen LogP contribution in [-0.2, 0) is 18.8 Å². The SMILES string of the molecule is CC(C)(C)OC(=O)N1CCOC(c2cc(C3CC3)ccc2B2OC(C)(C)C(C)(C)O2)C1. The van der Waals surface area contributed by atoms with Crippen molar-refractivity contribution in [3.63, 3.8) is 0 Å². The van der Waals surface area contributed by atoms with E-state index in [9.17, 15) is 4.79 Å². The van der Waals surface area contributed by atoms with E-state index in [0.29, 0.717) is 25.6 Å². The van der Waals surface area contributed by atoms with Gasteiger partial charge in [-0.3, -0.25) is 0 Å². The topological polar surface area (TPSA) is 57.2 Å². The second-order valence-corrected chi connectivity index (χ2v) is 11.0. The van der Waals surface area contributed by atoms with Gasteiger partial charge >= 0.3 is 13.2 Å². The van der Waals surface area contributed by atoms with Crippen molar-refractivity contribution >= 4 is 18.7 Å². The van der Waals surface area contributed by atoms with Crippen LogP contribution in [0.15, 0.2) is 18.2 Å². The number of carbonyl (C=O) groups is 1. The number of carbonyl (C=O) groups excluding carboxylic acids is 1. The first kappa shape index (κ1) is 22.6. The molecule has 4 rings (SSSR count). The van der Waals surface area contributed by atoms with Crippen molar-refractivity contribution in [3.8, 4) is 0 Å². The summed E-state index contributed by atoms with van der Waals surface area (Å²) in [5.41, 5.74) is 2.01. The van der Waals surface area contributed by atoms with E-state index >= 15 is 0 Å². The molecule has 1 amide bonds. The zero-order chi connectivity index (χ0) is 22.6.